The second-order valence-electron chi connectivity index (χ2n) is 5.76. The van der Waals surface area contributed by atoms with E-state index in [1.165, 1.54) is 0 Å². The molecule has 2 unspecified atom stereocenters. The number of carbonyl (C=O) groups excluding carboxylic acids is 1. The van der Waals surface area contributed by atoms with Gasteiger partial charge in [-0.2, -0.15) is 0 Å². The van der Waals surface area contributed by atoms with Crippen molar-refractivity contribution in [1.82, 2.24) is 5.32 Å². The summed E-state index contributed by atoms with van der Waals surface area (Å²) in [5.41, 5.74) is 6.87. The Morgan fingerprint density at radius 3 is 2.48 bits per heavy atom. The zero-order valence-electron chi connectivity index (χ0n) is 12.2. The first kappa shape index (κ1) is 16.0. The maximum atomic E-state index is 12.1. The summed E-state index contributed by atoms with van der Waals surface area (Å²) in [6.07, 6.45) is 3.49. The number of nitrogens with one attached hydrogen (secondary N) is 1. The quantitative estimate of drug-likeness (QED) is 0.787. The minimum atomic E-state index is -3.10. The van der Waals surface area contributed by atoms with Crippen LogP contribution in [0, 0.1) is 5.92 Å². The van der Waals surface area contributed by atoms with Crippen molar-refractivity contribution >= 4 is 15.7 Å². The van der Waals surface area contributed by atoms with Crippen LogP contribution in [0.1, 0.15) is 30.9 Å². The van der Waals surface area contributed by atoms with Crippen molar-refractivity contribution in [3.8, 4) is 0 Å². The summed E-state index contributed by atoms with van der Waals surface area (Å²) in [7, 11) is -3.10. The van der Waals surface area contributed by atoms with Gasteiger partial charge in [-0.25, -0.2) is 8.42 Å². The van der Waals surface area contributed by atoms with Crippen LogP contribution in [0.4, 0.5) is 0 Å². The fraction of sp³-hybridized carbons (Fsp3) is 0.533. The Hall–Kier alpha value is -1.40. The summed E-state index contributed by atoms with van der Waals surface area (Å²) in [6, 6.07) is 9.00. The van der Waals surface area contributed by atoms with E-state index in [-0.39, 0.29) is 24.1 Å². The summed E-state index contributed by atoms with van der Waals surface area (Å²) >= 11 is 0. The molecule has 2 atom stereocenters. The molecule has 1 aromatic carbocycles. The topological polar surface area (TPSA) is 89.3 Å². The van der Waals surface area contributed by atoms with Gasteiger partial charge in [-0.3, -0.25) is 4.79 Å². The molecule has 1 aliphatic rings. The van der Waals surface area contributed by atoms with E-state index in [1.54, 1.807) is 0 Å². The van der Waals surface area contributed by atoms with E-state index >= 15 is 0 Å². The largest absolute Gasteiger partial charge is 0.348 e. The maximum absolute atomic E-state index is 12.1. The van der Waals surface area contributed by atoms with E-state index < -0.39 is 15.9 Å². The van der Waals surface area contributed by atoms with Crippen molar-refractivity contribution in [2.24, 2.45) is 11.7 Å². The van der Waals surface area contributed by atoms with Gasteiger partial charge in [0, 0.05) is 6.26 Å². The highest BCUT2D eigenvalue weighted by Gasteiger charge is 2.34. The minimum Gasteiger partial charge on any atom is -0.348 e. The Morgan fingerprint density at radius 1 is 1.33 bits per heavy atom. The van der Waals surface area contributed by atoms with Gasteiger partial charge in [0.2, 0.25) is 5.91 Å². The summed E-state index contributed by atoms with van der Waals surface area (Å²) in [6.45, 7) is 0. The van der Waals surface area contributed by atoms with Crippen LogP contribution in [0.5, 0.6) is 0 Å². The van der Waals surface area contributed by atoms with Gasteiger partial charge in [0.25, 0.3) is 0 Å². The first-order valence-electron chi connectivity index (χ1n) is 7.15. The number of benzene rings is 1. The predicted molar refractivity (Wildman–Crippen MR) is 82.4 cm³/mol. The number of carbonyl (C=O) groups is 1. The Bertz CT molecular complexity index is 582. The molecule has 1 fully saturated rings. The van der Waals surface area contributed by atoms with Gasteiger partial charge in [-0.15, -0.1) is 0 Å². The number of hydrogen-bond donors (Lipinski definition) is 2. The zero-order valence-corrected chi connectivity index (χ0v) is 13.0. The molecule has 1 aromatic rings. The van der Waals surface area contributed by atoms with Crippen LogP contribution in [0.25, 0.3) is 0 Å². The number of rotatable bonds is 7. The lowest BCUT2D eigenvalue weighted by Crippen LogP contribution is -2.43. The second kappa shape index (κ2) is 6.58. The van der Waals surface area contributed by atoms with Crippen LogP contribution in [0.3, 0.4) is 0 Å². The van der Waals surface area contributed by atoms with Gasteiger partial charge >= 0.3 is 0 Å². The van der Waals surface area contributed by atoms with Gasteiger partial charge in [-0.05, 0) is 30.7 Å². The number of nitrogens with two attached hydrogens (primary N) is 1. The van der Waals surface area contributed by atoms with Gasteiger partial charge < -0.3 is 11.1 Å². The average Bonchev–Trinajstić information content (AvgIpc) is 3.26. The molecule has 1 amide bonds. The number of sulfone groups is 1. The van der Waals surface area contributed by atoms with Crippen LogP contribution < -0.4 is 11.1 Å². The van der Waals surface area contributed by atoms with E-state index in [2.05, 4.69) is 5.32 Å². The van der Waals surface area contributed by atoms with Crippen LogP contribution >= 0.6 is 0 Å². The molecule has 0 aromatic heterocycles. The van der Waals surface area contributed by atoms with Crippen LogP contribution in [0.15, 0.2) is 30.3 Å². The molecule has 0 aliphatic heterocycles. The molecule has 6 heteroatoms. The summed E-state index contributed by atoms with van der Waals surface area (Å²) in [4.78, 5) is 12.1. The Balaban J connectivity index is 1.96. The van der Waals surface area contributed by atoms with Crippen molar-refractivity contribution in [3.05, 3.63) is 35.9 Å². The SMILES string of the molecule is CS(=O)(=O)CCC(N)C(=O)NC(c1ccccc1)C1CC1. The molecule has 21 heavy (non-hydrogen) atoms. The Kier molecular flexibility index (Phi) is 5.00. The van der Waals surface area contributed by atoms with Crippen LogP contribution in [-0.4, -0.2) is 32.4 Å². The fourth-order valence-electron chi connectivity index (χ4n) is 2.30. The molecular weight excluding hydrogens is 288 g/mol. The van der Waals surface area contributed by atoms with E-state index in [0.717, 1.165) is 24.7 Å². The van der Waals surface area contributed by atoms with Crippen LogP contribution in [0.2, 0.25) is 0 Å². The van der Waals surface area contributed by atoms with E-state index in [9.17, 15) is 13.2 Å². The summed E-state index contributed by atoms with van der Waals surface area (Å²) in [5, 5.41) is 2.97. The number of hydrogen-bond acceptors (Lipinski definition) is 4. The fourth-order valence-corrected chi connectivity index (χ4v) is 2.98. The third-order valence-corrected chi connectivity index (χ3v) is 4.66. The lowest BCUT2D eigenvalue weighted by molar-refractivity contribution is -0.123. The van der Waals surface area contributed by atoms with E-state index in [0.29, 0.717) is 5.92 Å². The minimum absolute atomic E-state index is 0.0250. The van der Waals surface area contributed by atoms with Crippen molar-refractivity contribution < 1.29 is 13.2 Å². The molecule has 0 radical (unpaired) electrons. The maximum Gasteiger partial charge on any atom is 0.237 e. The van der Waals surface area contributed by atoms with Gasteiger partial charge in [0.15, 0.2) is 0 Å². The molecule has 116 valence electrons. The van der Waals surface area contributed by atoms with Gasteiger partial charge in [0.1, 0.15) is 9.84 Å². The van der Waals surface area contributed by atoms with E-state index in [1.807, 2.05) is 30.3 Å². The number of amides is 1. The lowest BCUT2D eigenvalue weighted by atomic mass is 10.0. The molecule has 0 heterocycles. The van der Waals surface area contributed by atoms with Crippen molar-refractivity contribution in [2.45, 2.75) is 31.3 Å². The highest BCUT2D eigenvalue weighted by Crippen LogP contribution is 2.40. The zero-order chi connectivity index (χ0) is 15.5. The Morgan fingerprint density at radius 2 is 1.95 bits per heavy atom. The summed E-state index contributed by atoms with van der Waals surface area (Å²) < 4.78 is 22.3. The molecule has 0 bridgehead atoms. The third-order valence-electron chi connectivity index (χ3n) is 3.69. The lowest BCUT2D eigenvalue weighted by Gasteiger charge is -2.21. The average molecular weight is 310 g/mol. The molecule has 0 spiro atoms. The third kappa shape index (κ3) is 5.13. The predicted octanol–water partition coefficient (Wildman–Crippen LogP) is 1.02. The first-order chi connectivity index (χ1) is 9.87. The molecule has 1 aliphatic carbocycles. The van der Waals surface area contributed by atoms with Crippen molar-refractivity contribution in [2.75, 3.05) is 12.0 Å². The van der Waals surface area contributed by atoms with Gasteiger partial charge in [-0.1, -0.05) is 30.3 Å². The van der Waals surface area contributed by atoms with E-state index in [4.69, 9.17) is 5.73 Å². The molecular formula is C15H22N2O3S. The molecule has 1 saturated carbocycles. The second-order valence-corrected chi connectivity index (χ2v) is 8.02. The highest BCUT2D eigenvalue weighted by molar-refractivity contribution is 7.90. The summed E-state index contributed by atoms with van der Waals surface area (Å²) in [5.74, 6) is 0.110. The molecule has 0 saturated heterocycles. The van der Waals surface area contributed by atoms with Crippen LogP contribution in [-0.2, 0) is 14.6 Å². The van der Waals surface area contributed by atoms with Crippen molar-refractivity contribution in [1.29, 1.82) is 0 Å². The van der Waals surface area contributed by atoms with Gasteiger partial charge in [0.05, 0.1) is 17.8 Å². The smallest absolute Gasteiger partial charge is 0.237 e. The molecule has 3 N–H and O–H groups in total. The highest BCUT2D eigenvalue weighted by atomic mass is 32.2. The first-order valence-corrected chi connectivity index (χ1v) is 9.21. The normalized spacial score (nSPS) is 18.0. The Labute approximate surface area is 125 Å². The standard InChI is InChI=1S/C15H22N2O3S/c1-21(19,20)10-9-13(16)15(18)17-14(12-7-8-12)11-5-3-2-4-6-11/h2-6,12-14H,7-10,16H2,1H3,(H,17,18). The van der Waals surface area contributed by atoms with Crippen molar-refractivity contribution in [3.63, 3.8) is 0 Å². The molecule has 2 rings (SSSR count). The molecule has 5 nitrogen and oxygen atoms in total. The monoisotopic (exact) mass is 310 g/mol.